The standard InChI is InChI=1S/C13H20N4O2/c1-8-6-7-17(10-5-3-2-4-9(8)10)12(18)11-14-13(19)16-15-11/h8-10H,2-7H2,1H3,(H2,14,15,16,19). The summed E-state index contributed by atoms with van der Waals surface area (Å²) in [4.78, 5) is 27.9. The van der Waals surface area contributed by atoms with Gasteiger partial charge in [-0.05, 0) is 31.1 Å². The van der Waals surface area contributed by atoms with Crippen molar-refractivity contribution < 1.29 is 4.79 Å². The first-order chi connectivity index (χ1) is 9.16. The van der Waals surface area contributed by atoms with Gasteiger partial charge in [0.1, 0.15) is 0 Å². The molecule has 2 aliphatic rings. The Bertz CT molecular complexity index is 521. The zero-order chi connectivity index (χ0) is 13.4. The molecule has 3 rings (SSSR count). The number of hydrogen-bond acceptors (Lipinski definition) is 3. The third-order valence-electron chi connectivity index (χ3n) is 4.70. The first kappa shape index (κ1) is 12.4. The summed E-state index contributed by atoms with van der Waals surface area (Å²) in [6.45, 7) is 3.07. The Morgan fingerprint density at radius 3 is 2.84 bits per heavy atom. The smallest absolute Gasteiger partial charge is 0.333 e. The Morgan fingerprint density at radius 1 is 1.32 bits per heavy atom. The van der Waals surface area contributed by atoms with E-state index < -0.39 is 5.69 Å². The van der Waals surface area contributed by atoms with Gasteiger partial charge in [0.25, 0.3) is 5.91 Å². The second-order valence-electron chi connectivity index (χ2n) is 5.81. The minimum Gasteiger partial charge on any atom is -0.333 e. The predicted molar refractivity (Wildman–Crippen MR) is 69.8 cm³/mol. The van der Waals surface area contributed by atoms with Crippen molar-refractivity contribution in [2.75, 3.05) is 6.54 Å². The summed E-state index contributed by atoms with van der Waals surface area (Å²) in [5.74, 6) is 1.30. The van der Waals surface area contributed by atoms with Crippen LogP contribution in [0.5, 0.6) is 0 Å². The number of piperidine rings is 1. The number of aromatic amines is 2. The van der Waals surface area contributed by atoms with E-state index >= 15 is 0 Å². The van der Waals surface area contributed by atoms with Crippen molar-refractivity contribution in [3.05, 3.63) is 16.3 Å². The Hall–Kier alpha value is -1.59. The van der Waals surface area contributed by atoms with Crippen LogP contribution in [0.15, 0.2) is 4.79 Å². The van der Waals surface area contributed by atoms with E-state index in [1.54, 1.807) is 0 Å². The van der Waals surface area contributed by atoms with Gasteiger partial charge in [0.2, 0.25) is 5.82 Å². The molecule has 2 fully saturated rings. The largest absolute Gasteiger partial charge is 0.341 e. The van der Waals surface area contributed by atoms with Gasteiger partial charge >= 0.3 is 5.69 Å². The molecule has 19 heavy (non-hydrogen) atoms. The Morgan fingerprint density at radius 2 is 2.11 bits per heavy atom. The maximum absolute atomic E-state index is 12.4. The van der Waals surface area contributed by atoms with Crippen LogP contribution in [0, 0.1) is 11.8 Å². The summed E-state index contributed by atoms with van der Waals surface area (Å²) in [6.07, 6.45) is 5.80. The molecule has 1 aliphatic heterocycles. The molecule has 1 aromatic heterocycles. The topological polar surface area (TPSA) is 81.8 Å². The predicted octanol–water partition coefficient (Wildman–Crippen LogP) is 1.14. The molecule has 1 amide bonds. The van der Waals surface area contributed by atoms with E-state index in [2.05, 4.69) is 22.1 Å². The van der Waals surface area contributed by atoms with Crippen LogP contribution in [0.4, 0.5) is 0 Å². The van der Waals surface area contributed by atoms with Crippen LogP contribution in [-0.2, 0) is 0 Å². The van der Waals surface area contributed by atoms with Crippen LogP contribution in [0.25, 0.3) is 0 Å². The number of H-pyrrole nitrogens is 2. The molecule has 1 aliphatic carbocycles. The molecule has 2 N–H and O–H groups in total. The highest BCUT2D eigenvalue weighted by atomic mass is 16.2. The molecule has 104 valence electrons. The number of aromatic nitrogens is 3. The van der Waals surface area contributed by atoms with Crippen LogP contribution in [0.3, 0.4) is 0 Å². The first-order valence-electron chi connectivity index (χ1n) is 7.12. The Labute approximate surface area is 111 Å². The van der Waals surface area contributed by atoms with Crippen molar-refractivity contribution in [1.82, 2.24) is 20.1 Å². The van der Waals surface area contributed by atoms with E-state index in [1.807, 2.05) is 4.90 Å². The van der Waals surface area contributed by atoms with E-state index in [-0.39, 0.29) is 11.7 Å². The lowest BCUT2D eigenvalue weighted by Crippen LogP contribution is -2.52. The average Bonchev–Trinajstić information content (AvgIpc) is 2.86. The molecule has 1 saturated carbocycles. The fraction of sp³-hybridized carbons (Fsp3) is 0.769. The van der Waals surface area contributed by atoms with Gasteiger partial charge in [-0.15, -0.1) is 5.10 Å². The highest BCUT2D eigenvalue weighted by Gasteiger charge is 2.40. The van der Waals surface area contributed by atoms with Crippen molar-refractivity contribution in [1.29, 1.82) is 0 Å². The fourth-order valence-corrected chi connectivity index (χ4v) is 3.67. The van der Waals surface area contributed by atoms with Crippen molar-refractivity contribution in [3.8, 4) is 0 Å². The average molecular weight is 264 g/mol. The van der Waals surface area contributed by atoms with E-state index in [1.165, 1.54) is 19.3 Å². The number of hydrogen-bond donors (Lipinski definition) is 2. The monoisotopic (exact) mass is 264 g/mol. The molecule has 0 bridgehead atoms. The van der Waals surface area contributed by atoms with E-state index in [0.29, 0.717) is 17.9 Å². The lowest BCUT2D eigenvalue weighted by Gasteiger charge is -2.47. The summed E-state index contributed by atoms with van der Waals surface area (Å²) >= 11 is 0. The van der Waals surface area contributed by atoms with Crippen LogP contribution in [-0.4, -0.2) is 38.6 Å². The minimum atomic E-state index is -0.422. The quantitative estimate of drug-likeness (QED) is 0.798. The highest BCUT2D eigenvalue weighted by molar-refractivity contribution is 5.90. The zero-order valence-electron chi connectivity index (χ0n) is 11.2. The third kappa shape index (κ3) is 2.19. The Kier molecular flexibility index (Phi) is 3.16. The molecule has 3 unspecified atom stereocenters. The number of amides is 1. The molecule has 6 heteroatoms. The lowest BCUT2D eigenvalue weighted by molar-refractivity contribution is 0.0208. The van der Waals surface area contributed by atoms with Crippen molar-refractivity contribution >= 4 is 5.91 Å². The van der Waals surface area contributed by atoms with Crippen molar-refractivity contribution in [3.63, 3.8) is 0 Å². The molecular formula is C13H20N4O2. The number of rotatable bonds is 1. The van der Waals surface area contributed by atoms with Gasteiger partial charge < -0.3 is 4.90 Å². The second kappa shape index (κ2) is 4.83. The summed E-state index contributed by atoms with van der Waals surface area (Å²) in [5.41, 5.74) is -0.422. The summed E-state index contributed by atoms with van der Waals surface area (Å²) in [5, 5.41) is 6.02. The molecule has 0 aromatic carbocycles. The maximum Gasteiger partial charge on any atom is 0.341 e. The van der Waals surface area contributed by atoms with Gasteiger partial charge in [-0.25, -0.2) is 9.89 Å². The molecule has 6 nitrogen and oxygen atoms in total. The van der Waals surface area contributed by atoms with E-state index in [4.69, 9.17) is 0 Å². The number of fused-ring (bicyclic) bond motifs is 1. The number of nitrogens with one attached hydrogen (secondary N) is 2. The van der Waals surface area contributed by atoms with Gasteiger partial charge in [0.15, 0.2) is 0 Å². The van der Waals surface area contributed by atoms with Crippen LogP contribution < -0.4 is 5.69 Å². The van der Waals surface area contributed by atoms with Gasteiger partial charge in [-0.3, -0.25) is 9.78 Å². The van der Waals surface area contributed by atoms with E-state index in [0.717, 1.165) is 19.4 Å². The van der Waals surface area contributed by atoms with Crippen molar-refractivity contribution in [2.24, 2.45) is 11.8 Å². The first-order valence-corrected chi connectivity index (χ1v) is 7.12. The molecule has 1 saturated heterocycles. The summed E-state index contributed by atoms with van der Waals surface area (Å²) < 4.78 is 0. The molecule has 0 spiro atoms. The number of carbonyl (C=O) groups is 1. The van der Waals surface area contributed by atoms with Crippen LogP contribution in [0.2, 0.25) is 0 Å². The van der Waals surface area contributed by atoms with E-state index in [9.17, 15) is 9.59 Å². The number of likely N-dealkylation sites (tertiary alicyclic amines) is 1. The Balaban J connectivity index is 1.83. The van der Waals surface area contributed by atoms with Gasteiger partial charge in [0.05, 0.1) is 0 Å². The molecule has 1 aromatic rings. The summed E-state index contributed by atoms with van der Waals surface area (Å²) in [6, 6.07) is 0.324. The van der Waals surface area contributed by atoms with Crippen LogP contribution in [0.1, 0.15) is 49.6 Å². The fourth-order valence-electron chi connectivity index (χ4n) is 3.67. The molecule has 3 atom stereocenters. The van der Waals surface area contributed by atoms with Crippen LogP contribution >= 0.6 is 0 Å². The van der Waals surface area contributed by atoms with Gasteiger partial charge in [0, 0.05) is 12.6 Å². The highest BCUT2D eigenvalue weighted by Crippen LogP contribution is 2.39. The lowest BCUT2D eigenvalue weighted by atomic mass is 9.72. The number of nitrogens with zero attached hydrogens (tertiary/aromatic N) is 2. The summed E-state index contributed by atoms with van der Waals surface area (Å²) in [7, 11) is 0. The molecular weight excluding hydrogens is 244 g/mol. The minimum absolute atomic E-state index is 0.137. The maximum atomic E-state index is 12.4. The third-order valence-corrected chi connectivity index (χ3v) is 4.70. The number of carbonyl (C=O) groups excluding carboxylic acids is 1. The van der Waals surface area contributed by atoms with Crippen molar-refractivity contribution in [2.45, 2.75) is 45.1 Å². The van der Waals surface area contributed by atoms with Gasteiger partial charge in [-0.2, -0.15) is 0 Å². The molecule has 0 radical (unpaired) electrons. The molecule has 2 heterocycles. The normalized spacial score (nSPS) is 31.0. The SMILES string of the molecule is CC1CCN(C(=O)c2n[nH]c(=O)[nH]2)C2CCCCC12. The van der Waals surface area contributed by atoms with Gasteiger partial charge in [-0.1, -0.05) is 19.8 Å². The second-order valence-corrected chi connectivity index (χ2v) is 5.81. The zero-order valence-corrected chi connectivity index (χ0v) is 11.2.